The molecule has 6 rings (SSSR count). The third kappa shape index (κ3) is 5.75. The number of fused-ring (bicyclic) bond motifs is 2. The maximum Gasteiger partial charge on any atom is 0.304 e. The van der Waals surface area contributed by atoms with Crippen LogP contribution in [0.5, 0.6) is 5.88 Å². The number of carbonyl (C=O) groups is 1. The van der Waals surface area contributed by atoms with Crippen LogP contribution in [-0.4, -0.2) is 68.7 Å². The van der Waals surface area contributed by atoms with Crippen molar-refractivity contribution in [1.29, 1.82) is 0 Å². The first-order valence-corrected chi connectivity index (χ1v) is 15.7. The number of hydrogen-bond acceptors (Lipinski definition) is 8. The van der Waals surface area contributed by atoms with Gasteiger partial charge < -0.3 is 14.6 Å². The normalized spacial score (nSPS) is 18.4. The van der Waals surface area contributed by atoms with E-state index in [-0.39, 0.29) is 35.9 Å². The zero-order valence-corrected chi connectivity index (χ0v) is 25.2. The number of ether oxygens (including phenoxy) is 2. The van der Waals surface area contributed by atoms with Gasteiger partial charge in [0.25, 0.3) is 6.43 Å². The molecule has 5 heterocycles. The van der Waals surface area contributed by atoms with Gasteiger partial charge in [-0.3, -0.25) is 9.20 Å². The number of pyridine rings is 2. The Bertz CT molecular complexity index is 1890. The predicted octanol–water partition coefficient (Wildman–Crippen LogP) is 4.56. The van der Waals surface area contributed by atoms with Crippen LogP contribution in [0.15, 0.2) is 47.6 Å². The van der Waals surface area contributed by atoms with Gasteiger partial charge in [-0.25, -0.2) is 26.6 Å². The van der Waals surface area contributed by atoms with Crippen molar-refractivity contribution in [3.63, 3.8) is 0 Å². The molecule has 2 aliphatic heterocycles. The van der Waals surface area contributed by atoms with Crippen LogP contribution in [0, 0.1) is 19.7 Å². The quantitative estimate of drug-likeness (QED) is 0.307. The number of nitrogens with zero attached hydrogens (tertiary/aromatic N) is 5. The van der Waals surface area contributed by atoms with Gasteiger partial charge in [-0.15, -0.1) is 10.2 Å². The summed E-state index contributed by atoms with van der Waals surface area (Å²) in [6, 6.07) is 7.77. The second-order valence-corrected chi connectivity index (χ2v) is 13.3. The van der Waals surface area contributed by atoms with Crippen LogP contribution in [0.3, 0.4) is 0 Å². The predicted molar refractivity (Wildman–Crippen MR) is 153 cm³/mol. The van der Waals surface area contributed by atoms with Crippen molar-refractivity contribution >= 4 is 21.6 Å². The molecule has 1 saturated heterocycles. The molecule has 3 aromatic heterocycles. The number of halogens is 3. The summed E-state index contributed by atoms with van der Waals surface area (Å²) >= 11 is 0. The van der Waals surface area contributed by atoms with Crippen molar-refractivity contribution in [2.75, 3.05) is 19.8 Å². The highest BCUT2D eigenvalue weighted by atomic mass is 32.2. The maximum absolute atomic E-state index is 14.3. The Hall–Kier alpha value is -4.08. The van der Waals surface area contributed by atoms with E-state index in [4.69, 9.17) is 9.47 Å². The number of carboxylic acid groups (broad SMARTS) is 1. The second kappa shape index (κ2) is 11.7. The van der Waals surface area contributed by atoms with Crippen molar-refractivity contribution in [1.82, 2.24) is 23.9 Å². The van der Waals surface area contributed by atoms with Gasteiger partial charge in [-0.1, -0.05) is 18.2 Å². The average molecular weight is 646 g/mol. The highest BCUT2D eigenvalue weighted by Gasteiger charge is 2.45. The molecule has 0 saturated carbocycles. The van der Waals surface area contributed by atoms with Crippen LogP contribution >= 0.6 is 0 Å². The minimum absolute atomic E-state index is 0.0337. The van der Waals surface area contributed by atoms with Crippen molar-refractivity contribution in [2.45, 2.75) is 62.5 Å². The van der Waals surface area contributed by atoms with Gasteiger partial charge in [0.15, 0.2) is 5.65 Å². The number of carboxylic acids is 1. The SMILES string of the molecule is Cc1ccc([C@@H](CC(=O)O)c2ccn3c(C(F)F)nnc3c2C)cc1CN1CC2(CCOCC2)Oc2ncc(F)cc2S1(=O)=O. The number of sulfonamides is 1. The van der Waals surface area contributed by atoms with E-state index in [9.17, 15) is 31.5 Å². The van der Waals surface area contributed by atoms with Gasteiger partial charge in [0.05, 0.1) is 32.4 Å². The van der Waals surface area contributed by atoms with Crippen molar-refractivity contribution < 1.29 is 41.0 Å². The van der Waals surface area contributed by atoms with Crippen molar-refractivity contribution in [3.8, 4) is 5.88 Å². The molecule has 238 valence electrons. The molecule has 0 aliphatic carbocycles. The van der Waals surface area contributed by atoms with E-state index in [2.05, 4.69) is 15.2 Å². The molecule has 15 heteroatoms. The molecule has 0 unspecified atom stereocenters. The van der Waals surface area contributed by atoms with Gasteiger partial charge in [0.1, 0.15) is 16.3 Å². The summed E-state index contributed by atoms with van der Waals surface area (Å²) in [7, 11) is -4.28. The third-order valence-electron chi connectivity index (χ3n) is 8.55. The molecule has 0 amide bonds. The summed E-state index contributed by atoms with van der Waals surface area (Å²) in [6.45, 7) is 4.04. The van der Waals surface area contributed by atoms with Gasteiger partial charge in [-0.2, -0.15) is 4.31 Å². The van der Waals surface area contributed by atoms with Crippen LogP contribution in [0.2, 0.25) is 0 Å². The molecule has 1 spiro atoms. The number of aryl methyl sites for hydroxylation is 2. The average Bonchev–Trinajstić information content (AvgIpc) is 3.41. The summed E-state index contributed by atoms with van der Waals surface area (Å²) in [5, 5.41) is 17.4. The fourth-order valence-electron chi connectivity index (χ4n) is 6.09. The Morgan fingerprint density at radius 3 is 2.60 bits per heavy atom. The minimum atomic E-state index is -4.28. The van der Waals surface area contributed by atoms with Gasteiger partial charge in [-0.05, 0) is 47.7 Å². The van der Waals surface area contributed by atoms with Crippen molar-refractivity contribution in [3.05, 3.63) is 82.2 Å². The third-order valence-corrected chi connectivity index (χ3v) is 10.3. The molecule has 11 nitrogen and oxygen atoms in total. The molecule has 1 atom stereocenters. The molecule has 2 aliphatic rings. The van der Waals surface area contributed by atoms with Gasteiger partial charge in [0.2, 0.25) is 21.7 Å². The maximum atomic E-state index is 14.3. The second-order valence-electron chi connectivity index (χ2n) is 11.4. The van der Waals surface area contributed by atoms with Crippen LogP contribution in [0.25, 0.3) is 5.65 Å². The van der Waals surface area contributed by atoms with Crippen molar-refractivity contribution in [2.24, 2.45) is 0 Å². The van der Waals surface area contributed by atoms with Crippen LogP contribution in [0.1, 0.15) is 65.2 Å². The lowest BCUT2D eigenvalue weighted by molar-refractivity contribution is -0.137. The molecule has 0 bridgehead atoms. The molecule has 1 aromatic carbocycles. The first-order valence-electron chi connectivity index (χ1n) is 14.2. The summed E-state index contributed by atoms with van der Waals surface area (Å²) in [5.41, 5.74) is 2.21. The number of aliphatic carboxylic acids is 1. The van der Waals surface area contributed by atoms with Crippen LogP contribution in [-0.2, 0) is 26.1 Å². The smallest absolute Gasteiger partial charge is 0.304 e. The minimum Gasteiger partial charge on any atom is -0.481 e. The Kier molecular flexibility index (Phi) is 8.03. The first-order chi connectivity index (χ1) is 21.4. The summed E-state index contributed by atoms with van der Waals surface area (Å²) in [5.74, 6) is -3.31. The first kappa shape index (κ1) is 30.9. The van der Waals surface area contributed by atoms with Crippen LogP contribution < -0.4 is 4.74 Å². The number of aromatic nitrogens is 4. The summed E-state index contributed by atoms with van der Waals surface area (Å²) in [4.78, 5) is 15.7. The Morgan fingerprint density at radius 1 is 1.13 bits per heavy atom. The van der Waals surface area contributed by atoms with E-state index >= 15 is 0 Å². The number of benzene rings is 1. The Labute approximate surface area is 256 Å². The topological polar surface area (TPSA) is 136 Å². The molecule has 1 N–H and O–H groups in total. The van der Waals surface area contributed by atoms with E-state index in [1.165, 1.54) is 14.9 Å². The highest BCUT2D eigenvalue weighted by molar-refractivity contribution is 7.89. The number of hydrogen-bond donors (Lipinski definition) is 1. The molecular weight excluding hydrogens is 615 g/mol. The largest absolute Gasteiger partial charge is 0.481 e. The molecular formula is C30H30F3N5O6S. The lowest BCUT2D eigenvalue weighted by Gasteiger charge is -2.38. The Balaban J connectivity index is 1.42. The summed E-state index contributed by atoms with van der Waals surface area (Å²) < 4.78 is 83.3. The molecule has 0 radical (unpaired) electrons. The Morgan fingerprint density at radius 2 is 1.89 bits per heavy atom. The monoisotopic (exact) mass is 645 g/mol. The summed E-state index contributed by atoms with van der Waals surface area (Å²) in [6.07, 6.45) is -0.0679. The van der Waals surface area contributed by atoms with E-state index in [0.717, 1.165) is 17.8 Å². The zero-order chi connectivity index (χ0) is 32.1. The van der Waals surface area contributed by atoms with E-state index in [1.54, 1.807) is 31.2 Å². The highest BCUT2D eigenvalue weighted by Crippen LogP contribution is 2.39. The lowest BCUT2D eigenvalue weighted by Crippen LogP contribution is -2.50. The van der Waals surface area contributed by atoms with Gasteiger partial charge in [0, 0.05) is 37.6 Å². The standard InChI is InChI=1S/C30H30F3N5O6S/c1-17-3-4-19(23(13-25(39)40)22-5-8-38-27(18(22)2)35-36-28(38)26(32)33)11-20(17)15-37-16-30(6-9-43-10-7-30)44-29-24(45(37,41)42)12-21(31)14-34-29/h3-5,8,11-12,14,23,26H,6-7,9-10,13,15-16H2,1-2H3,(H,39,40)/t23-/m1/s1. The van der Waals surface area contributed by atoms with Gasteiger partial charge >= 0.3 is 5.97 Å². The molecule has 4 aromatic rings. The fourth-order valence-corrected chi connectivity index (χ4v) is 7.66. The number of alkyl halides is 2. The zero-order valence-electron chi connectivity index (χ0n) is 24.4. The number of rotatable bonds is 7. The van der Waals surface area contributed by atoms with E-state index < -0.39 is 45.6 Å². The fraction of sp³-hybridized carbons (Fsp3) is 0.400. The van der Waals surface area contributed by atoms with E-state index in [0.29, 0.717) is 48.3 Å². The molecule has 45 heavy (non-hydrogen) atoms. The van der Waals surface area contributed by atoms with E-state index in [1.807, 2.05) is 6.92 Å². The van der Waals surface area contributed by atoms with Crippen LogP contribution in [0.4, 0.5) is 13.2 Å². The molecule has 1 fully saturated rings. The lowest BCUT2D eigenvalue weighted by atomic mass is 9.85.